The van der Waals surface area contributed by atoms with Crippen LogP contribution >= 0.6 is 0 Å². The predicted molar refractivity (Wildman–Crippen MR) is 27.5 cm³/mol. The fourth-order valence-electron chi connectivity index (χ4n) is 0.219. The van der Waals surface area contributed by atoms with Gasteiger partial charge in [0.15, 0.2) is 0 Å². The van der Waals surface area contributed by atoms with Gasteiger partial charge in [-0.3, -0.25) is 4.99 Å². The molecule has 0 amide bonds. The molecule has 1 unspecified atom stereocenters. The Morgan fingerprint density at radius 3 is 2.57 bits per heavy atom. The van der Waals surface area contributed by atoms with Crippen molar-refractivity contribution in [2.75, 3.05) is 13.7 Å². The first kappa shape index (κ1) is 6.59. The highest BCUT2D eigenvalue weighted by atomic mass is 16.3. The number of rotatable bonds is 2. The summed E-state index contributed by atoms with van der Waals surface area (Å²) in [6.45, 7) is -0.253. The van der Waals surface area contributed by atoms with Gasteiger partial charge in [-0.1, -0.05) is 0 Å². The maximum atomic E-state index is 8.46. The van der Waals surface area contributed by atoms with Crippen molar-refractivity contribution in [1.29, 1.82) is 0 Å². The summed E-state index contributed by atoms with van der Waals surface area (Å²) in [6, 6.07) is 0. The number of aliphatic hydroxyl groups is 2. The minimum absolute atomic E-state index is 0.253. The van der Waals surface area contributed by atoms with E-state index in [0.717, 1.165) is 0 Å². The molecule has 0 heterocycles. The molecule has 0 aromatic heterocycles. The molecule has 7 heavy (non-hydrogen) atoms. The van der Waals surface area contributed by atoms with Crippen molar-refractivity contribution in [2.24, 2.45) is 4.99 Å². The predicted octanol–water partition coefficient (Wildman–Crippen LogP) is -0.960. The van der Waals surface area contributed by atoms with Crippen molar-refractivity contribution in [3.63, 3.8) is 0 Å². The third-order valence-corrected chi connectivity index (χ3v) is 0.508. The van der Waals surface area contributed by atoms with Crippen molar-refractivity contribution in [1.82, 2.24) is 0 Å². The Kier molecular flexibility index (Phi) is 3.55. The third-order valence-electron chi connectivity index (χ3n) is 0.508. The Labute approximate surface area is 42.3 Å². The summed E-state index contributed by atoms with van der Waals surface area (Å²) in [5.41, 5.74) is 0. The molecule has 0 radical (unpaired) electrons. The minimum Gasteiger partial charge on any atom is -0.393 e. The first-order valence-corrected chi connectivity index (χ1v) is 2.02. The smallest absolute Gasteiger partial charge is 0.112 e. The van der Waals surface area contributed by atoms with Crippen LogP contribution < -0.4 is 0 Å². The fourth-order valence-corrected chi connectivity index (χ4v) is 0.219. The molecule has 3 heteroatoms. The van der Waals surface area contributed by atoms with Gasteiger partial charge in [0.05, 0.1) is 6.61 Å². The van der Waals surface area contributed by atoms with E-state index in [1.165, 1.54) is 6.21 Å². The lowest BCUT2D eigenvalue weighted by Gasteiger charge is -1.93. The van der Waals surface area contributed by atoms with Crippen LogP contribution in [0.3, 0.4) is 0 Å². The lowest BCUT2D eigenvalue weighted by molar-refractivity contribution is 0.148. The molecule has 42 valence electrons. The number of aliphatic hydroxyl groups excluding tert-OH is 2. The van der Waals surface area contributed by atoms with Gasteiger partial charge in [-0.15, -0.1) is 0 Å². The summed E-state index contributed by atoms with van der Waals surface area (Å²) in [6.07, 6.45) is 0.491. The molecule has 2 N–H and O–H groups in total. The number of hydrogen-bond donors (Lipinski definition) is 2. The second-order valence-corrected chi connectivity index (χ2v) is 1.16. The van der Waals surface area contributed by atoms with Crippen molar-refractivity contribution in [2.45, 2.75) is 6.10 Å². The SMILES string of the molecule is CN=CC(O)CO. The van der Waals surface area contributed by atoms with Crippen molar-refractivity contribution in [3.05, 3.63) is 0 Å². The number of aliphatic imine (C=N–C) groups is 1. The molecule has 1 atom stereocenters. The van der Waals surface area contributed by atoms with Gasteiger partial charge in [0.2, 0.25) is 0 Å². The van der Waals surface area contributed by atoms with Crippen molar-refractivity contribution in [3.8, 4) is 0 Å². The molecule has 0 aromatic carbocycles. The fraction of sp³-hybridized carbons (Fsp3) is 0.750. The van der Waals surface area contributed by atoms with Crippen LogP contribution in [0.1, 0.15) is 0 Å². The normalized spacial score (nSPS) is 15.3. The Morgan fingerprint density at radius 1 is 1.86 bits per heavy atom. The van der Waals surface area contributed by atoms with Crippen LogP contribution in [0.5, 0.6) is 0 Å². The van der Waals surface area contributed by atoms with Crippen LogP contribution in [0, 0.1) is 0 Å². The molecule has 0 saturated carbocycles. The number of hydrogen-bond acceptors (Lipinski definition) is 3. The van der Waals surface area contributed by atoms with Gasteiger partial charge in [-0.25, -0.2) is 0 Å². The van der Waals surface area contributed by atoms with Crippen LogP contribution in [0.4, 0.5) is 0 Å². The zero-order valence-corrected chi connectivity index (χ0v) is 4.20. The van der Waals surface area contributed by atoms with Crippen molar-refractivity contribution >= 4 is 6.21 Å². The highest BCUT2D eigenvalue weighted by Gasteiger charge is 1.90. The van der Waals surface area contributed by atoms with Gasteiger partial charge >= 0.3 is 0 Å². The maximum Gasteiger partial charge on any atom is 0.112 e. The zero-order valence-electron chi connectivity index (χ0n) is 4.20. The van der Waals surface area contributed by atoms with Crippen LogP contribution in [-0.2, 0) is 0 Å². The monoisotopic (exact) mass is 103 g/mol. The average Bonchev–Trinajstić information content (AvgIpc) is 1.68. The molecular formula is C4H9NO2. The van der Waals surface area contributed by atoms with Crippen molar-refractivity contribution < 1.29 is 10.2 Å². The van der Waals surface area contributed by atoms with E-state index < -0.39 is 6.10 Å². The minimum atomic E-state index is -0.787. The molecule has 0 aromatic rings. The Balaban J connectivity index is 3.16. The Bertz CT molecular complexity index is 62.7. The molecule has 0 saturated heterocycles. The quantitative estimate of drug-likeness (QED) is 0.442. The molecule has 0 fully saturated rings. The summed E-state index contributed by atoms with van der Waals surface area (Å²) in [5, 5.41) is 16.6. The standard InChI is InChI=1S/C4H9NO2/c1-5-2-4(7)3-6/h2,4,6-7H,3H2,1H3. The summed E-state index contributed by atoms with van der Waals surface area (Å²) in [5.74, 6) is 0. The van der Waals surface area contributed by atoms with E-state index in [1.807, 2.05) is 0 Å². The average molecular weight is 103 g/mol. The molecule has 0 rings (SSSR count). The van der Waals surface area contributed by atoms with E-state index in [0.29, 0.717) is 0 Å². The van der Waals surface area contributed by atoms with E-state index in [-0.39, 0.29) is 6.61 Å². The van der Waals surface area contributed by atoms with Gasteiger partial charge in [0.25, 0.3) is 0 Å². The first-order valence-electron chi connectivity index (χ1n) is 2.02. The third kappa shape index (κ3) is 3.42. The summed E-state index contributed by atoms with van der Waals surface area (Å²) in [7, 11) is 1.54. The molecule has 0 spiro atoms. The topological polar surface area (TPSA) is 52.8 Å². The molecule has 0 aliphatic heterocycles. The Hall–Kier alpha value is -0.410. The summed E-state index contributed by atoms with van der Waals surface area (Å²) < 4.78 is 0. The highest BCUT2D eigenvalue weighted by Crippen LogP contribution is 1.70. The number of nitrogens with zero attached hydrogens (tertiary/aromatic N) is 1. The largest absolute Gasteiger partial charge is 0.393 e. The van der Waals surface area contributed by atoms with E-state index in [1.54, 1.807) is 7.05 Å². The highest BCUT2D eigenvalue weighted by molar-refractivity contribution is 5.62. The van der Waals surface area contributed by atoms with Gasteiger partial charge in [-0.2, -0.15) is 0 Å². The van der Waals surface area contributed by atoms with E-state index in [2.05, 4.69) is 4.99 Å². The van der Waals surface area contributed by atoms with E-state index in [4.69, 9.17) is 10.2 Å². The van der Waals surface area contributed by atoms with Crippen LogP contribution in [0.2, 0.25) is 0 Å². The van der Waals surface area contributed by atoms with E-state index in [9.17, 15) is 0 Å². The lowest BCUT2D eigenvalue weighted by atomic mass is 10.4. The van der Waals surface area contributed by atoms with Gasteiger partial charge in [-0.05, 0) is 0 Å². The van der Waals surface area contributed by atoms with Crippen LogP contribution in [0.25, 0.3) is 0 Å². The van der Waals surface area contributed by atoms with Crippen LogP contribution in [-0.4, -0.2) is 36.2 Å². The first-order chi connectivity index (χ1) is 3.31. The molecule has 3 nitrogen and oxygen atoms in total. The van der Waals surface area contributed by atoms with E-state index >= 15 is 0 Å². The lowest BCUT2D eigenvalue weighted by Crippen LogP contribution is -2.12. The molecule has 0 aliphatic rings. The van der Waals surface area contributed by atoms with Gasteiger partial charge in [0.1, 0.15) is 6.10 Å². The molecule has 0 aliphatic carbocycles. The molecule has 0 bridgehead atoms. The molecular weight excluding hydrogens is 94.0 g/mol. The maximum absolute atomic E-state index is 8.46. The summed E-state index contributed by atoms with van der Waals surface area (Å²) in [4.78, 5) is 3.47. The second kappa shape index (κ2) is 3.77. The zero-order chi connectivity index (χ0) is 5.70. The van der Waals surface area contributed by atoms with Crippen LogP contribution in [0.15, 0.2) is 4.99 Å². The summed E-state index contributed by atoms with van der Waals surface area (Å²) >= 11 is 0. The Morgan fingerprint density at radius 2 is 2.43 bits per heavy atom. The second-order valence-electron chi connectivity index (χ2n) is 1.16. The van der Waals surface area contributed by atoms with Gasteiger partial charge < -0.3 is 10.2 Å². The van der Waals surface area contributed by atoms with Gasteiger partial charge in [0, 0.05) is 13.3 Å².